The maximum absolute atomic E-state index is 12.5. The highest BCUT2D eigenvalue weighted by Gasteiger charge is 2.14. The third-order valence-electron chi connectivity index (χ3n) is 3.95. The molecule has 0 aliphatic carbocycles. The van der Waals surface area contributed by atoms with Crippen LogP contribution in [0.5, 0.6) is 0 Å². The average molecular weight is 349 g/mol. The van der Waals surface area contributed by atoms with E-state index >= 15 is 0 Å². The topological polar surface area (TPSA) is 73.2 Å². The molecular weight excluding hydrogens is 326 g/mol. The van der Waals surface area contributed by atoms with Gasteiger partial charge in [0.25, 0.3) is 0 Å². The molecule has 1 N–H and O–H groups in total. The van der Waals surface area contributed by atoms with Gasteiger partial charge >= 0.3 is 0 Å². The van der Waals surface area contributed by atoms with E-state index in [1.54, 1.807) is 17.0 Å². The number of nitrogens with one attached hydrogen (secondary N) is 1. The molecule has 0 saturated heterocycles. The molecule has 5 heteroatoms. The summed E-state index contributed by atoms with van der Waals surface area (Å²) >= 11 is 0. The lowest BCUT2D eigenvalue weighted by Gasteiger charge is -2.22. The van der Waals surface area contributed by atoms with Crippen LogP contribution in [0.1, 0.15) is 30.0 Å². The van der Waals surface area contributed by atoms with Gasteiger partial charge in [0, 0.05) is 13.1 Å². The molecule has 0 aliphatic heterocycles. The number of hydrogen-bond donors (Lipinski definition) is 1. The number of benzene rings is 2. The van der Waals surface area contributed by atoms with Crippen molar-refractivity contribution < 1.29 is 9.59 Å². The molecule has 0 aromatic heterocycles. The Balaban J connectivity index is 1.88. The fourth-order valence-electron chi connectivity index (χ4n) is 2.60. The van der Waals surface area contributed by atoms with Crippen LogP contribution in [0.4, 0.5) is 0 Å². The van der Waals surface area contributed by atoms with Crippen LogP contribution in [-0.2, 0) is 22.6 Å². The average Bonchev–Trinajstić information content (AvgIpc) is 2.67. The molecule has 134 valence electrons. The summed E-state index contributed by atoms with van der Waals surface area (Å²) in [6, 6.07) is 18.7. The summed E-state index contributed by atoms with van der Waals surface area (Å²) in [5.74, 6) is -0.281. The van der Waals surface area contributed by atoms with E-state index in [4.69, 9.17) is 5.26 Å². The van der Waals surface area contributed by atoms with Crippen molar-refractivity contribution in [2.24, 2.45) is 0 Å². The van der Waals surface area contributed by atoms with E-state index < -0.39 is 0 Å². The van der Waals surface area contributed by atoms with Gasteiger partial charge in [0.2, 0.25) is 11.8 Å². The molecule has 0 radical (unpaired) electrons. The molecule has 0 saturated carbocycles. The van der Waals surface area contributed by atoms with Crippen molar-refractivity contribution in [2.75, 3.05) is 13.1 Å². The molecule has 0 atom stereocenters. The highest BCUT2D eigenvalue weighted by atomic mass is 16.2. The summed E-state index contributed by atoms with van der Waals surface area (Å²) in [6.07, 6.45) is 1.09. The van der Waals surface area contributed by atoms with Gasteiger partial charge in [-0.3, -0.25) is 9.59 Å². The third kappa shape index (κ3) is 6.06. The predicted molar refractivity (Wildman–Crippen MR) is 100 cm³/mol. The Hall–Kier alpha value is -3.13. The van der Waals surface area contributed by atoms with Crippen molar-refractivity contribution in [2.45, 2.75) is 26.3 Å². The monoisotopic (exact) mass is 349 g/mol. The highest BCUT2D eigenvalue weighted by Crippen LogP contribution is 2.08. The quantitative estimate of drug-likeness (QED) is 0.796. The van der Waals surface area contributed by atoms with E-state index in [1.807, 2.05) is 49.4 Å². The molecule has 2 amide bonds. The molecule has 2 rings (SSSR count). The van der Waals surface area contributed by atoms with Gasteiger partial charge < -0.3 is 10.2 Å². The third-order valence-corrected chi connectivity index (χ3v) is 3.95. The molecule has 0 unspecified atom stereocenters. The number of nitriles is 1. The molecule has 0 spiro atoms. The van der Waals surface area contributed by atoms with E-state index in [2.05, 4.69) is 11.4 Å². The van der Waals surface area contributed by atoms with Crippen LogP contribution >= 0.6 is 0 Å². The van der Waals surface area contributed by atoms with Crippen molar-refractivity contribution in [1.82, 2.24) is 10.2 Å². The molecule has 2 aromatic carbocycles. The van der Waals surface area contributed by atoms with Gasteiger partial charge in [0.1, 0.15) is 0 Å². The van der Waals surface area contributed by atoms with Gasteiger partial charge in [-0.1, -0.05) is 49.4 Å². The normalized spacial score (nSPS) is 10.0. The number of carbonyl (C=O) groups is 2. The zero-order valence-electron chi connectivity index (χ0n) is 14.9. The smallest absolute Gasteiger partial charge is 0.242 e. The lowest BCUT2D eigenvalue weighted by Crippen LogP contribution is -2.40. The van der Waals surface area contributed by atoms with Crippen molar-refractivity contribution in [1.29, 1.82) is 5.26 Å². The second-order valence-corrected chi connectivity index (χ2v) is 6.06. The Bertz CT molecular complexity index is 764. The molecular formula is C21H23N3O2. The number of carbonyl (C=O) groups excluding carboxylic acids is 2. The Morgan fingerprint density at radius 2 is 1.73 bits per heavy atom. The second kappa shape index (κ2) is 10.00. The Morgan fingerprint density at radius 3 is 2.35 bits per heavy atom. The molecule has 2 aromatic rings. The van der Waals surface area contributed by atoms with Gasteiger partial charge in [-0.2, -0.15) is 5.26 Å². The SMILES string of the molecule is CCCN(Cc1ccc(C#N)cc1)C(=O)CNC(=O)Cc1ccccc1. The van der Waals surface area contributed by atoms with Crippen LogP contribution in [0, 0.1) is 11.3 Å². The van der Waals surface area contributed by atoms with Gasteiger partial charge in [0.05, 0.1) is 24.6 Å². The number of rotatable bonds is 8. The number of nitrogens with zero attached hydrogens (tertiary/aromatic N) is 2. The van der Waals surface area contributed by atoms with Gasteiger partial charge in [-0.05, 0) is 29.7 Å². The van der Waals surface area contributed by atoms with Crippen LogP contribution in [0.3, 0.4) is 0 Å². The largest absolute Gasteiger partial charge is 0.347 e. The second-order valence-electron chi connectivity index (χ2n) is 6.06. The standard InChI is InChI=1S/C21H23N3O2/c1-2-12-24(16-19-10-8-18(14-22)9-11-19)21(26)15-23-20(25)13-17-6-4-3-5-7-17/h3-11H,2,12-13,15-16H2,1H3,(H,23,25). The van der Waals surface area contributed by atoms with Crippen LogP contribution in [-0.4, -0.2) is 29.8 Å². The summed E-state index contributed by atoms with van der Waals surface area (Å²) in [5, 5.41) is 11.6. The Morgan fingerprint density at radius 1 is 1.04 bits per heavy atom. The molecule has 26 heavy (non-hydrogen) atoms. The first kappa shape index (κ1) is 19.2. The van der Waals surface area contributed by atoms with E-state index in [1.165, 1.54) is 0 Å². The summed E-state index contributed by atoms with van der Waals surface area (Å²) < 4.78 is 0. The first-order valence-electron chi connectivity index (χ1n) is 8.69. The number of hydrogen-bond acceptors (Lipinski definition) is 3. The Kier molecular flexibility index (Phi) is 7.38. The van der Waals surface area contributed by atoms with Crippen molar-refractivity contribution in [3.8, 4) is 6.07 Å². The predicted octanol–water partition coefficient (Wildman–Crippen LogP) is 2.66. The zero-order chi connectivity index (χ0) is 18.8. The highest BCUT2D eigenvalue weighted by molar-refractivity contribution is 5.85. The van der Waals surface area contributed by atoms with E-state index in [0.29, 0.717) is 18.7 Å². The number of amides is 2. The minimum absolute atomic E-state index is 0.0120. The molecule has 5 nitrogen and oxygen atoms in total. The molecule has 0 bridgehead atoms. The summed E-state index contributed by atoms with van der Waals surface area (Å²) in [4.78, 5) is 26.2. The van der Waals surface area contributed by atoms with Crippen LogP contribution < -0.4 is 5.32 Å². The Labute approximate surface area is 154 Å². The first-order valence-corrected chi connectivity index (χ1v) is 8.69. The van der Waals surface area contributed by atoms with Crippen molar-refractivity contribution >= 4 is 11.8 Å². The van der Waals surface area contributed by atoms with Gasteiger partial charge in [-0.15, -0.1) is 0 Å². The van der Waals surface area contributed by atoms with Gasteiger partial charge in [0.15, 0.2) is 0 Å². The van der Waals surface area contributed by atoms with Gasteiger partial charge in [-0.25, -0.2) is 0 Å². The maximum atomic E-state index is 12.5. The van der Waals surface area contributed by atoms with E-state index in [9.17, 15) is 9.59 Å². The van der Waals surface area contributed by atoms with Crippen LogP contribution in [0.2, 0.25) is 0 Å². The minimum Gasteiger partial charge on any atom is -0.347 e. The minimum atomic E-state index is -0.167. The summed E-state index contributed by atoms with van der Waals surface area (Å²) in [7, 11) is 0. The van der Waals surface area contributed by atoms with Crippen LogP contribution in [0.25, 0.3) is 0 Å². The lowest BCUT2D eigenvalue weighted by molar-refractivity contribution is -0.133. The zero-order valence-corrected chi connectivity index (χ0v) is 14.9. The molecule has 0 fully saturated rings. The lowest BCUT2D eigenvalue weighted by atomic mass is 10.1. The van der Waals surface area contributed by atoms with Crippen LogP contribution in [0.15, 0.2) is 54.6 Å². The molecule has 0 heterocycles. The fourth-order valence-corrected chi connectivity index (χ4v) is 2.60. The molecule has 0 aliphatic rings. The van der Waals surface area contributed by atoms with Crippen molar-refractivity contribution in [3.05, 3.63) is 71.3 Å². The first-order chi connectivity index (χ1) is 12.6. The van der Waals surface area contributed by atoms with E-state index in [0.717, 1.165) is 17.5 Å². The summed E-state index contributed by atoms with van der Waals surface area (Å²) in [5.41, 5.74) is 2.47. The van der Waals surface area contributed by atoms with Crippen molar-refractivity contribution in [3.63, 3.8) is 0 Å². The fraction of sp³-hybridized carbons (Fsp3) is 0.286. The van der Waals surface area contributed by atoms with E-state index in [-0.39, 0.29) is 24.8 Å². The summed E-state index contributed by atoms with van der Waals surface area (Å²) in [6.45, 7) is 3.08. The maximum Gasteiger partial charge on any atom is 0.242 e.